The summed E-state index contributed by atoms with van der Waals surface area (Å²) >= 11 is 0. The maximum Gasteiger partial charge on any atom is 0.127 e. The van der Waals surface area contributed by atoms with Gasteiger partial charge in [0, 0.05) is 43.7 Å². The number of benzene rings is 2. The first kappa shape index (κ1) is 20.1. The molecule has 0 aromatic heterocycles. The van der Waals surface area contributed by atoms with Crippen molar-refractivity contribution >= 4 is 0 Å². The largest absolute Gasteiger partial charge is 0.395 e. The second kappa shape index (κ2) is 8.03. The van der Waals surface area contributed by atoms with Gasteiger partial charge in [0.15, 0.2) is 0 Å². The zero-order chi connectivity index (χ0) is 20.7. The van der Waals surface area contributed by atoms with Crippen molar-refractivity contribution in [2.45, 2.75) is 49.7 Å². The lowest BCUT2D eigenvalue weighted by Gasteiger charge is -2.71. The molecule has 1 N–H and O–H groups in total. The van der Waals surface area contributed by atoms with Crippen molar-refractivity contribution in [1.82, 2.24) is 9.80 Å². The van der Waals surface area contributed by atoms with Gasteiger partial charge >= 0.3 is 0 Å². The molecule has 1 saturated carbocycles. The van der Waals surface area contributed by atoms with Gasteiger partial charge in [0.05, 0.1) is 12.1 Å². The molecule has 2 heterocycles. The van der Waals surface area contributed by atoms with E-state index in [9.17, 15) is 13.9 Å². The number of likely N-dealkylation sites (tertiary alicyclic amines) is 2. The molecule has 0 radical (unpaired) electrons. The van der Waals surface area contributed by atoms with Crippen LogP contribution >= 0.6 is 0 Å². The SMILES string of the molecule is OC[C@@H]1[C@@H](c2ccccc2)C2(CN(Cc3cc(F)ccc3F)C2)N1CC1CCCC1. The normalized spacial score (nSPS) is 26.6. The van der Waals surface area contributed by atoms with Crippen LogP contribution in [0.1, 0.15) is 42.7 Å². The molecule has 0 amide bonds. The molecule has 2 saturated heterocycles. The van der Waals surface area contributed by atoms with Crippen molar-refractivity contribution in [2.75, 3.05) is 26.2 Å². The molecule has 2 aliphatic heterocycles. The summed E-state index contributed by atoms with van der Waals surface area (Å²) in [5, 5.41) is 10.2. The molecular formula is C25H30F2N2O. The molecule has 1 spiro atoms. The zero-order valence-corrected chi connectivity index (χ0v) is 17.3. The molecule has 1 aliphatic carbocycles. The average Bonchev–Trinajstić information content (AvgIpc) is 3.23. The van der Waals surface area contributed by atoms with E-state index in [0.717, 1.165) is 19.6 Å². The minimum atomic E-state index is -0.393. The van der Waals surface area contributed by atoms with Crippen LogP contribution in [-0.2, 0) is 6.54 Å². The van der Waals surface area contributed by atoms with E-state index in [1.165, 1.54) is 49.4 Å². The third-order valence-corrected chi connectivity index (χ3v) is 7.61. The smallest absolute Gasteiger partial charge is 0.127 e. The number of hydrogen-bond acceptors (Lipinski definition) is 3. The summed E-state index contributed by atoms with van der Waals surface area (Å²) in [5.74, 6) is 0.248. The lowest BCUT2D eigenvalue weighted by Crippen LogP contribution is -2.84. The predicted octanol–water partition coefficient (Wildman–Crippen LogP) is 4.17. The fourth-order valence-electron chi connectivity index (χ4n) is 6.27. The third kappa shape index (κ3) is 3.37. The first-order chi connectivity index (χ1) is 14.6. The van der Waals surface area contributed by atoms with Gasteiger partial charge in [-0.2, -0.15) is 0 Å². The highest BCUT2D eigenvalue weighted by Crippen LogP contribution is 2.54. The Hall–Kier alpha value is -1.82. The molecule has 5 rings (SSSR count). The number of halogens is 2. The number of nitrogens with zero attached hydrogens (tertiary/aromatic N) is 2. The van der Waals surface area contributed by atoms with E-state index >= 15 is 0 Å². The standard InChI is InChI=1S/C25H30F2N2O/c26-21-10-11-22(27)20(12-21)14-28-16-25(17-28)24(19-8-2-1-3-9-19)23(15-30)29(25)13-18-6-4-5-7-18/h1-3,8-12,18,23-24,30H,4-7,13-17H2/t23-,24-/m1/s1. The van der Waals surface area contributed by atoms with E-state index < -0.39 is 5.82 Å². The van der Waals surface area contributed by atoms with Gasteiger partial charge in [0.1, 0.15) is 11.6 Å². The van der Waals surface area contributed by atoms with Gasteiger partial charge in [-0.25, -0.2) is 8.78 Å². The molecule has 3 fully saturated rings. The van der Waals surface area contributed by atoms with Gasteiger partial charge < -0.3 is 5.11 Å². The van der Waals surface area contributed by atoms with Crippen LogP contribution < -0.4 is 0 Å². The predicted molar refractivity (Wildman–Crippen MR) is 113 cm³/mol. The summed E-state index contributed by atoms with van der Waals surface area (Å²) < 4.78 is 27.7. The highest BCUT2D eigenvalue weighted by Gasteiger charge is 2.65. The maximum absolute atomic E-state index is 14.1. The molecule has 0 bridgehead atoms. The van der Waals surface area contributed by atoms with Crippen LogP contribution in [0.4, 0.5) is 8.78 Å². The summed E-state index contributed by atoms with van der Waals surface area (Å²) in [7, 11) is 0. The summed E-state index contributed by atoms with van der Waals surface area (Å²) in [5.41, 5.74) is 1.68. The Balaban J connectivity index is 1.37. The summed E-state index contributed by atoms with van der Waals surface area (Å²) in [6, 6.07) is 14.3. The highest BCUT2D eigenvalue weighted by atomic mass is 19.1. The van der Waals surface area contributed by atoms with Crippen LogP contribution in [0.2, 0.25) is 0 Å². The van der Waals surface area contributed by atoms with Crippen LogP contribution in [0.3, 0.4) is 0 Å². The molecule has 3 nitrogen and oxygen atoms in total. The van der Waals surface area contributed by atoms with Crippen LogP contribution in [0.25, 0.3) is 0 Å². The van der Waals surface area contributed by atoms with Gasteiger partial charge in [-0.3, -0.25) is 9.80 Å². The highest BCUT2D eigenvalue weighted by molar-refractivity contribution is 5.36. The van der Waals surface area contributed by atoms with E-state index in [-0.39, 0.29) is 29.9 Å². The van der Waals surface area contributed by atoms with Crippen molar-refractivity contribution in [3.63, 3.8) is 0 Å². The molecule has 5 heteroatoms. The van der Waals surface area contributed by atoms with Crippen molar-refractivity contribution in [3.8, 4) is 0 Å². The number of aliphatic hydroxyl groups excluding tert-OH is 1. The van der Waals surface area contributed by atoms with Crippen LogP contribution in [0, 0.1) is 17.6 Å². The van der Waals surface area contributed by atoms with Crippen LogP contribution in [-0.4, -0.2) is 52.7 Å². The van der Waals surface area contributed by atoms with Gasteiger partial charge in [-0.1, -0.05) is 43.2 Å². The monoisotopic (exact) mass is 412 g/mol. The average molecular weight is 413 g/mol. The van der Waals surface area contributed by atoms with E-state index in [1.807, 2.05) is 6.07 Å². The van der Waals surface area contributed by atoms with E-state index in [4.69, 9.17) is 0 Å². The number of aliphatic hydroxyl groups is 1. The van der Waals surface area contributed by atoms with E-state index in [1.54, 1.807) is 0 Å². The Morgan fingerprint density at radius 1 is 1.00 bits per heavy atom. The molecule has 30 heavy (non-hydrogen) atoms. The topological polar surface area (TPSA) is 26.7 Å². The Labute approximate surface area is 177 Å². The Morgan fingerprint density at radius 3 is 2.43 bits per heavy atom. The third-order valence-electron chi connectivity index (χ3n) is 7.61. The fourth-order valence-corrected chi connectivity index (χ4v) is 6.27. The molecule has 3 aliphatic rings. The van der Waals surface area contributed by atoms with Gasteiger partial charge in [0.25, 0.3) is 0 Å². The molecule has 2 aromatic carbocycles. The van der Waals surface area contributed by atoms with Gasteiger partial charge in [0.2, 0.25) is 0 Å². The minimum absolute atomic E-state index is 0.0128. The van der Waals surface area contributed by atoms with Gasteiger partial charge in [-0.05, 0) is 42.5 Å². The van der Waals surface area contributed by atoms with Crippen molar-refractivity contribution in [2.24, 2.45) is 5.92 Å². The first-order valence-corrected chi connectivity index (χ1v) is 11.2. The Bertz CT molecular complexity index is 878. The lowest BCUT2D eigenvalue weighted by atomic mass is 9.60. The Kier molecular flexibility index (Phi) is 5.38. The van der Waals surface area contributed by atoms with Crippen molar-refractivity contribution < 1.29 is 13.9 Å². The first-order valence-electron chi connectivity index (χ1n) is 11.2. The number of rotatable bonds is 6. The minimum Gasteiger partial charge on any atom is -0.395 e. The molecule has 2 aromatic rings. The van der Waals surface area contributed by atoms with Crippen LogP contribution in [0.5, 0.6) is 0 Å². The van der Waals surface area contributed by atoms with Crippen molar-refractivity contribution in [1.29, 1.82) is 0 Å². The van der Waals surface area contributed by atoms with Crippen LogP contribution in [0.15, 0.2) is 48.5 Å². The maximum atomic E-state index is 14.1. The number of hydrogen-bond donors (Lipinski definition) is 1. The van der Waals surface area contributed by atoms with Crippen molar-refractivity contribution in [3.05, 3.63) is 71.3 Å². The summed E-state index contributed by atoms with van der Waals surface area (Å²) in [6.07, 6.45) is 5.17. The zero-order valence-electron chi connectivity index (χ0n) is 17.3. The van der Waals surface area contributed by atoms with E-state index in [2.05, 4.69) is 34.1 Å². The molecular weight excluding hydrogens is 382 g/mol. The second-order valence-corrected chi connectivity index (χ2v) is 9.43. The molecule has 160 valence electrons. The molecule has 0 unspecified atom stereocenters. The molecule has 2 atom stereocenters. The summed E-state index contributed by atoms with van der Waals surface area (Å²) in [6.45, 7) is 3.27. The lowest BCUT2D eigenvalue weighted by molar-refractivity contribution is -0.197. The second-order valence-electron chi connectivity index (χ2n) is 9.43. The van der Waals surface area contributed by atoms with Gasteiger partial charge in [-0.15, -0.1) is 0 Å². The summed E-state index contributed by atoms with van der Waals surface area (Å²) in [4.78, 5) is 4.75. The van der Waals surface area contributed by atoms with E-state index in [0.29, 0.717) is 18.0 Å². The quantitative estimate of drug-likeness (QED) is 0.772. The fraction of sp³-hybridized carbons (Fsp3) is 0.520. The Morgan fingerprint density at radius 2 is 1.73 bits per heavy atom.